The molecule has 1 fully saturated rings. The second-order valence-corrected chi connectivity index (χ2v) is 4.08. The van der Waals surface area contributed by atoms with E-state index >= 15 is 0 Å². The van der Waals surface area contributed by atoms with Gasteiger partial charge in [-0.2, -0.15) is 0 Å². The minimum absolute atomic E-state index is 0.0158. The monoisotopic (exact) mass is 235 g/mol. The van der Waals surface area contributed by atoms with Crippen LogP contribution < -0.4 is 5.32 Å². The lowest BCUT2D eigenvalue weighted by Crippen LogP contribution is -2.37. The molecule has 92 valence electrons. The van der Waals surface area contributed by atoms with Crippen molar-refractivity contribution in [3.63, 3.8) is 0 Å². The van der Waals surface area contributed by atoms with Crippen LogP contribution in [0.5, 0.6) is 0 Å². The Kier molecular flexibility index (Phi) is 3.58. The zero-order chi connectivity index (χ0) is 12.3. The zero-order valence-electron chi connectivity index (χ0n) is 10.1. The first-order chi connectivity index (χ1) is 8.24. The molecule has 1 aromatic heterocycles. The maximum absolute atomic E-state index is 12.3. The Morgan fingerprint density at radius 2 is 2.47 bits per heavy atom. The average molecular weight is 235 g/mol. The summed E-state index contributed by atoms with van der Waals surface area (Å²) in [6.45, 7) is 1.35. The molecule has 0 radical (unpaired) electrons. The van der Waals surface area contributed by atoms with Crippen LogP contribution in [0, 0.1) is 0 Å². The molecule has 0 bridgehead atoms. The standard InChI is InChI=1S/C12H17N3O2/c1-13-11-10(4-3-6-14-11)12(16)15(2)9-5-7-17-8-9/h3-4,6,9H,5,7-8H2,1-2H3,(H,13,14). The number of nitrogens with one attached hydrogen (secondary N) is 1. The fourth-order valence-electron chi connectivity index (χ4n) is 1.96. The van der Waals surface area contributed by atoms with E-state index in [0.29, 0.717) is 18.0 Å². The predicted molar refractivity (Wildman–Crippen MR) is 65.1 cm³/mol. The lowest BCUT2D eigenvalue weighted by atomic mass is 10.1. The summed E-state index contributed by atoms with van der Waals surface area (Å²) in [5, 5.41) is 2.93. The number of pyridine rings is 1. The summed E-state index contributed by atoms with van der Waals surface area (Å²) in [5.74, 6) is 0.598. The lowest BCUT2D eigenvalue weighted by Gasteiger charge is -2.23. The van der Waals surface area contributed by atoms with E-state index in [9.17, 15) is 4.79 Å². The van der Waals surface area contributed by atoms with E-state index in [1.54, 1.807) is 30.3 Å². The average Bonchev–Trinajstić information content (AvgIpc) is 2.90. The molecule has 1 atom stereocenters. The number of carbonyl (C=O) groups excluding carboxylic acids is 1. The minimum Gasteiger partial charge on any atom is -0.379 e. The highest BCUT2D eigenvalue weighted by molar-refractivity contribution is 5.98. The van der Waals surface area contributed by atoms with Crippen molar-refractivity contribution in [2.45, 2.75) is 12.5 Å². The normalized spacial score (nSPS) is 19.1. The van der Waals surface area contributed by atoms with Crippen LogP contribution in [0.2, 0.25) is 0 Å². The maximum atomic E-state index is 12.3. The molecular weight excluding hydrogens is 218 g/mol. The second-order valence-electron chi connectivity index (χ2n) is 4.08. The Morgan fingerprint density at radius 3 is 3.12 bits per heavy atom. The lowest BCUT2D eigenvalue weighted by molar-refractivity contribution is 0.0712. The molecule has 2 rings (SSSR count). The molecule has 0 aliphatic carbocycles. The summed E-state index contributed by atoms with van der Waals surface area (Å²) in [4.78, 5) is 18.2. The number of rotatable bonds is 3. The van der Waals surface area contributed by atoms with Gasteiger partial charge in [0, 0.05) is 26.9 Å². The first-order valence-corrected chi connectivity index (χ1v) is 5.71. The van der Waals surface area contributed by atoms with Gasteiger partial charge in [-0.3, -0.25) is 4.79 Å². The molecule has 0 saturated carbocycles. The van der Waals surface area contributed by atoms with Crippen LogP contribution in [0.15, 0.2) is 18.3 Å². The van der Waals surface area contributed by atoms with E-state index in [0.717, 1.165) is 13.0 Å². The summed E-state index contributed by atoms with van der Waals surface area (Å²) in [6, 6.07) is 3.73. The number of anilines is 1. The molecule has 1 aromatic rings. The molecule has 1 aliphatic rings. The van der Waals surface area contributed by atoms with Gasteiger partial charge in [-0.15, -0.1) is 0 Å². The molecule has 5 heteroatoms. The highest BCUT2D eigenvalue weighted by Crippen LogP contribution is 2.17. The number of aromatic nitrogens is 1. The highest BCUT2D eigenvalue weighted by atomic mass is 16.5. The van der Waals surface area contributed by atoms with Gasteiger partial charge in [-0.1, -0.05) is 0 Å². The highest BCUT2D eigenvalue weighted by Gasteiger charge is 2.26. The minimum atomic E-state index is -0.0158. The SMILES string of the molecule is CNc1ncccc1C(=O)N(C)C1CCOC1. The summed E-state index contributed by atoms with van der Waals surface area (Å²) >= 11 is 0. The van der Waals surface area contributed by atoms with Gasteiger partial charge in [0.05, 0.1) is 18.2 Å². The van der Waals surface area contributed by atoms with Crippen molar-refractivity contribution < 1.29 is 9.53 Å². The topological polar surface area (TPSA) is 54.5 Å². The van der Waals surface area contributed by atoms with Crippen molar-refractivity contribution in [3.05, 3.63) is 23.9 Å². The third-order valence-electron chi connectivity index (χ3n) is 3.05. The van der Waals surface area contributed by atoms with E-state index in [2.05, 4.69) is 10.3 Å². The summed E-state index contributed by atoms with van der Waals surface area (Å²) in [5.41, 5.74) is 0.601. The van der Waals surface area contributed by atoms with Gasteiger partial charge < -0.3 is 15.0 Å². The third-order valence-corrected chi connectivity index (χ3v) is 3.05. The molecule has 0 aromatic carbocycles. The van der Waals surface area contributed by atoms with Crippen LogP contribution in [0.4, 0.5) is 5.82 Å². The summed E-state index contributed by atoms with van der Waals surface area (Å²) < 4.78 is 5.30. The van der Waals surface area contributed by atoms with Crippen LogP contribution in [0.1, 0.15) is 16.8 Å². The van der Waals surface area contributed by atoms with Crippen LogP contribution in [-0.4, -0.2) is 49.1 Å². The maximum Gasteiger partial charge on any atom is 0.257 e. The van der Waals surface area contributed by atoms with Gasteiger partial charge in [0.1, 0.15) is 5.82 Å². The Bertz CT molecular complexity index is 402. The van der Waals surface area contributed by atoms with Gasteiger partial charge in [-0.05, 0) is 18.6 Å². The number of hydrogen-bond acceptors (Lipinski definition) is 4. The molecule has 1 unspecified atom stereocenters. The molecule has 2 heterocycles. The van der Waals surface area contributed by atoms with Crippen molar-refractivity contribution in [3.8, 4) is 0 Å². The third kappa shape index (κ3) is 2.39. The van der Waals surface area contributed by atoms with Crippen LogP contribution in [-0.2, 0) is 4.74 Å². The van der Waals surface area contributed by atoms with Crippen molar-refractivity contribution in [1.82, 2.24) is 9.88 Å². The zero-order valence-corrected chi connectivity index (χ0v) is 10.1. The quantitative estimate of drug-likeness (QED) is 0.848. The number of hydrogen-bond donors (Lipinski definition) is 1. The first kappa shape index (κ1) is 11.9. The van der Waals surface area contributed by atoms with Crippen molar-refractivity contribution in [2.75, 3.05) is 32.6 Å². The van der Waals surface area contributed by atoms with E-state index in [1.165, 1.54) is 0 Å². The Morgan fingerprint density at radius 1 is 1.65 bits per heavy atom. The van der Waals surface area contributed by atoms with Crippen molar-refractivity contribution in [2.24, 2.45) is 0 Å². The molecule has 1 aliphatic heterocycles. The predicted octanol–water partition coefficient (Wildman–Crippen LogP) is 0.984. The smallest absolute Gasteiger partial charge is 0.257 e. The van der Waals surface area contributed by atoms with Crippen LogP contribution >= 0.6 is 0 Å². The van der Waals surface area contributed by atoms with Gasteiger partial charge >= 0.3 is 0 Å². The number of carbonyl (C=O) groups is 1. The van der Waals surface area contributed by atoms with E-state index < -0.39 is 0 Å². The van der Waals surface area contributed by atoms with Crippen LogP contribution in [0.3, 0.4) is 0 Å². The molecule has 5 nitrogen and oxygen atoms in total. The van der Waals surface area contributed by atoms with E-state index in [-0.39, 0.29) is 11.9 Å². The number of likely N-dealkylation sites (N-methyl/N-ethyl adjacent to an activating group) is 1. The number of nitrogens with zero attached hydrogens (tertiary/aromatic N) is 2. The molecular formula is C12H17N3O2. The Labute approximate surface area is 101 Å². The van der Waals surface area contributed by atoms with Gasteiger partial charge in [0.2, 0.25) is 0 Å². The molecule has 1 N–H and O–H groups in total. The van der Waals surface area contributed by atoms with Gasteiger partial charge in [0.25, 0.3) is 5.91 Å². The van der Waals surface area contributed by atoms with Gasteiger partial charge in [-0.25, -0.2) is 4.98 Å². The summed E-state index contributed by atoms with van der Waals surface area (Å²) in [7, 11) is 3.58. The largest absolute Gasteiger partial charge is 0.379 e. The van der Waals surface area contributed by atoms with Crippen LogP contribution in [0.25, 0.3) is 0 Å². The van der Waals surface area contributed by atoms with Crippen molar-refractivity contribution in [1.29, 1.82) is 0 Å². The molecule has 17 heavy (non-hydrogen) atoms. The Balaban J connectivity index is 2.18. The molecule has 0 spiro atoms. The van der Waals surface area contributed by atoms with Crippen molar-refractivity contribution >= 4 is 11.7 Å². The molecule has 1 saturated heterocycles. The Hall–Kier alpha value is -1.62. The fraction of sp³-hybridized carbons (Fsp3) is 0.500. The van der Waals surface area contributed by atoms with Gasteiger partial charge in [0.15, 0.2) is 0 Å². The second kappa shape index (κ2) is 5.14. The van der Waals surface area contributed by atoms with E-state index in [1.807, 2.05) is 7.05 Å². The van der Waals surface area contributed by atoms with E-state index in [4.69, 9.17) is 4.74 Å². The fourth-order valence-corrected chi connectivity index (χ4v) is 1.96. The summed E-state index contributed by atoms with van der Waals surface area (Å²) in [6.07, 6.45) is 2.57. The first-order valence-electron chi connectivity index (χ1n) is 5.71. The number of amides is 1. The number of ether oxygens (including phenoxy) is 1. The molecule has 1 amide bonds.